The first-order valence-electron chi connectivity index (χ1n) is 5.61. The topological polar surface area (TPSA) is 66.5 Å². The van der Waals surface area contributed by atoms with Gasteiger partial charge in [-0.2, -0.15) is 0 Å². The van der Waals surface area contributed by atoms with Crippen LogP contribution in [0.2, 0.25) is 0 Å². The molecule has 0 aliphatic carbocycles. The predicted molar refractivity (Wildman–Crippen MR) is 60.8 cm³/mol. The predicted octanol–water partition coefficient (Wildman–Crippen LogP) is -0.760. The van der Waals surface area contributed by atoms with Gasteiger partial charge >= 0.3 is 0 Å². The van der Waals surface area contributed by atoms with E-state index in [1.54, 1.807) is 4.90 Å². The summed E-state index contributed by atoms with van der Waals surface area (Å²) in [6.07, 6.45) is 2.11. The maximum Gasteiger partial charge on any atom is 0.240 e. The number of fused-ring (bicyclic) bond motifs is 1. The van der Waals surface area contributed by atoms with Crippen LogP contribution in [0.15, 0.2) is 0 Å². The minimum absolute atomic E-state index is 0.205. The van der Waals surface area contributed by atoms with E-state index in [0.29, 0.717) is 12.5 Å². The van der Waals surface area contributed by atoms with Crippen molar-refractivity contribution in [2.45, 2.75) is 24.6 Å². The first-order chi connectivity index (χ1) is 7.41. The van der Waals surface area contributed by atoms with Crippen molar-refractivity contribution in [2.24, 2.45) is 5.92 Å². The molecule has 2 rings (SSSR count). The molecular formula is C10H18N2O3S. The van der Waals surface area contributed by atoms with Crippen molar-refractivity contribution in [1.82, 2.24) is 10.2 Å². The highest BCUT2D eigenvalue weighted by atomic mass is 32.2. The number of amides is 1. The quantitative estimate of drug-likeness (QED) is 0.695. The third-order valence-corrected chi connectivity index (χ3v) is 5.20. The van der Waals surface area contributed by atoms with Crippen LogP contribution in [0.3, 0.4) is 0 Å². The molecule has 6 heteroatoms. The summed E-state index contributed by atoms with van der Waals surface area (Å²) in [5.41, 5.74) is 0. The molecule has 0 bridgehead atoms. The van der Waals surface area contributed by atoms with Gasteiger partial charge in [-0.05, 0) is 19.3 Å². The first kappa shape index (κ1) is 11.9. The van der Waals surface area contributed by atoms with Crippen LogP contribution < -0.4 is 5.32 Å². The molecule has 0 aromatic heterocycles. The van der Waals surface area contributed by atoms with Gasteiger partial charge in [0.1, 0.15) is 5.25 Å². The zero-order valence-electron chi connectivity index (χ0n) is 9.64. The van der Waals surface area contributed by atoms with E-state index in [0.717, 1.165) is 25.8 Å². The lowest BCUT2D eigenvalue weighted by Gasteiger charge is -2.25. The van der Waals surface area contributed by atoms with Gasteiger partial charge < -0.3 is 10.2 Å². The van der Waals surface area contributed by atoms with Crippen molar-refractivity contribution in [3.63, 3.8) is 0 Å². The Morgan fingerprint density at radius 2 is 2.12 bits per heavy atom. The van der Waals surface area contributed by atoms with E-state index in [4.69, 9.17) is 0 Å². The van der Waals surface area contributed by atoms with Gasteiger partial charge in [0.05, 0.1) is 0 Å². The second-order valence-electron chi connectivity index (χ2n) is 4.78. The van der Waals surface area contributed by atoms with E-state index in [1.165, 1.54) is 6.92 Å². The fourth-order valence-electron chi connectivity index (χ4n) is 2.54. The van der Waals surface area contributed by atoms with Crippen LogP contribution in [0.4, 0.5) is 0 Å². The lowest BCUT2D eigenvalue weighted by atomic mass is 10.1. The number of likely N-dealkylation sites (tertiary alicyclic amines) is 1. The number of sulfone groups is 1. The van der Waals surface area contributed by atoms with Crippen LogP contribution in [0.25, 0.3) is 0 Å². The standard InChI is InChI=1S/C10H18N2O3S/c1-7(16(2,14)15)10(13)12-4-3-8-5-11-6-9(8)12/h7-9,11H,3-6H2,1-2H3/t7?,8-,9+/m0/s1. The van der Waals surface area contributed by atoms with E-state index in [1.807, 2.05) is 0 Å². The van der Waals surface area contributed by atoms with Crippen LogP contribution in [0.1, 0.15) is 13.3 Å². The largest absolute Gasteiger partial charge is 0.337 e. The summed E-state index contributed by atoms with van der Waals surface area (Å²) in [6.45, 7) is 3.93. The van der Waals surface area contributed by atoms with Gasteiger partial charge in [0.25, 0.3) is 0 Å². The maximum absolute atomic E-state index is 12.1. The summed E-state index contributed by atoms with van der Waals surface area (Å²) in [5.74, 6) is 0.273. The number of carbonyl (C=O) groups is 1. The Kier molecular flexibility index (Phi) is 2.96. The number of hydrogen-bond acceptors (Lipinski definition) is 4. The number of nitrogens with one attached hydrogen (secondary N) is 1. The molecule has 92 valence electrons. The Morgan fingerprint density at radius 3 is 2.75 bits per heavy atom. The van der Waals surface area contributed by atoms with Crippen LogP contribution in [-0.4, -0.2) is 56.4 Å². The molecule has 3 atom stereocenters. The van der Waals surface area contributed by atoms with Crippen LogP contribution in [0, 0.1) is 5.92 Å². The highest BCUT2D eigenvalue weighted by Crippen LogP contribution is 2.28. The zero-order valence-corrected chi connectivity index (χ0v) is 10.5. The lowest BCUT2D eigenvalue weighted by molar-refractivity contribution is -0.131. The highest BCUT2D eigenvalue weighted by molar-refractivity contribution is 7.92. The fourth-order valence-corrected chi connectivity index (χ4v) is 3.04. The number of hydrogen-bond donors (Lipinski definition) is 1. The molecule has 1 amide bonds. The molecule has 2 aliphatic rings. The van der Waals surface area contributed by atoms with Crippen molar-refractivity contribution < 1.29 is 13.2 Å². The van der Waals surface area contributed by atoms with Crippen molar-refractivity contribution in [3.05, 3.63) is 0 Å². The summed E-state index contributed by atoms with van der Waals surface area (Å²) in [6, 6.07) is 0.205. The van der Waals surface area contributed by atoms with Crippen molar-refractivity contribution >= 4 is 15.7 Å². The second kappa shape index (κ2) is 4.00. The summed E-state index contributed by atoms with van der Waals surface area (Å²) >= 11 is 0. The first-order valence-corrected chi connectivity index (χ1v) is 7.57. The van der Waals surface area contributed by atoms with Crippen molar-refractivity contribution in [3.8, 4) is 0 Å². The third-order valence-electron chi connectivity index (χ3n) is 3.72. The van der Waals surface area contributed by atoms with E-state index in [9.17, 15) is 13.2 Å². The molecule has 0 aromatic rings. The molecule has 2 fully saturated rings. The monoisotopic (exact) mass is 246 g/mol. The molecule has 2 saturated heterocycles. The number of nitrogens with zero attached hydrogens (tertiary/aromatic N) is 1. The van der Waals surface area contributed by atoms with Gasteiger partial charge in [-0.3, -0.25) is 4.79 Å². The maximum atomic E-state index is 12.1. The van der Waals surface area contributed by atoms with E-state index in [-0.39, 0.29) is 11.9 Å². The van der Waals surface area contributed by atoms with Crippen LogP contribution >= 0.6 is 0 Å². The molecule has 1 N–H and O–H groups in total. The molecular weight excluding hydrogens is 228 g/mol. The van der Waals surface area contributed by atoms with Gasteiger partial charge in [0, 0.05) is 31.9 Å². The number of carbonyl (C=O) groups excluding carboxylic acids is 1. The Morgan fingerprint density at radius 1 is 1.44 bits per heavy atom. The van der Waals surface area contributed by atoms with Gasteiger partial charge in [-0.25, -0.2) is 8.42 Å². The molecule has 5 nitrogen and oxygen atoms in total. The molecule has 16 heavy (non-hydrogen) atoms. The minimum atomic E-state index is -3.28. The minimum Gasteiger partial charge on any atom is -0.337 e. The van der Waals surface area contributed by atoms with Crippen LogP contribution in [0.5, 0.6) is 0 Å². The van der Waals surface area contributed by atoms with Gasteiger partial charge in [0.15, 0.2) is 9.84 Å². The number of rotatable bonds is 2. The van der Waals surface area contributed by atoms with E-state index in [2.05, 4.69) is 5.32 Å². The SMILES string of the molecule is CC(C(=O)N1CC[C@H]2CNC[C@H]21)S(C)(=O)=O. The summed E-state index contributed by atoms with van der Waals surface area (Å²) in [4.78, 5) is 13.8. The van der Waals surface area contributed by atoms with Gasteiger partial charge in [0.2, 0.25) is 5.91 Å². The fraction of sp³-hybridized carbons (Fsp3) is 0.900. The molecule has 2 aliphatic heterocycles. The third kappa shape index (κ3) is 1.96. The Balaban J connectivity index is 2.11. The Hall–Kier alpha value is -0.620. The molecule has 2 heterocycles. The average molecular weight is 246 g/mol. The zero-order chi connectivity index (χ0) is 11.9. The smallest absolute Gasteiger partial charge is 0.240 e. The van der Waals surface area contributed by atoms with Gasteiger partial charge in [-0.15, -0.1) is 0 Å². The van der Waals surface area contributed by atoms with E-state index < -0.39 is 15.1 Å². The Labute approximate surface area is 96.1 Å². The second-order valence-corrected chi connectivity index (χ2v) is 7.14. The molecule has 0 saturated carbocycles. The summed E-state index contributed by atoms with van der Waals surface area (Å²) < 4.78 is 22.7. The Bertz CT molecular complexity index is 393. The summed E-state index contributed by atoms with van der Waals surface area (Å²) in [5, 5.41) is 2.33. The van der Waals surface area contributed by atoms with E-state index >= 15 is 0 Å². The molecule has 1 unspecified atom stereocenters. The van der Waals surface area contributed by atoms with Gasteiger partial charge in [-0.1, -0.05) is 0 Å². The van der Waals surface area contributed by atoms with Crippen molar-refractivity contribution in [1.29, 1.82) is 0 Å². The molecule has 0 radical (unpaired) electrons. The average Bonchev–Trinajstić information content (AvgIpc) is 2.74. The normalized spacial score (nSPS) is 31.5. The molecule has 0 spiro atoms. The highest BCUT2D eigenvalue weighted by Gasteiger charge is 2.42. The van der Waals surface area contributed by atoms with Crippen LogP contribution in [-0.2, 0) is 14.6 Å². The molecule has 0 aromatic carbocycles. The summed E-state index contributed by atoms with van der Waals surface area (Å²) in [7, 11) is -3.28. The van der Waals surface area contributed by atoms with Crippen molar-refractivity contribution in [2.75, 3.05) is 25.9 Å². The lowest BCUT2D eigenvalue weighted by Crippen LogP contribution is -2.45.